The van der Waals surface area contributed by atoms with Gasteiger partial charge in [-0.05, 0) is 33.1 Å². The number of H-pyrrole nitrogens is 1. The molecule has 0 aromatic carbocycles. The first kappa shape index (κ1) is 17.8. The summed E-state index contributed by atoms with van der Waals surface area (Å²) in [5.41, 5.74) is 2.56. The van der Waals surface area contributed by atoms with E-state index in [1.165, 1.54) is 25.7 Å². The maximum absolute atomic E-state index is 12.1. The normalized spacial score (nSPS) is 10.9. The first-order chi connectivity index (χ1) is 10.1. The maximum atomic E-state index is 12.1. The van der Waals surface area contributed by atoms with E-state index in [1.807, 2.05) is 6.92 Å². The van der Waals surface area contributed by atoms with Crippen LogP contribution in [0.2, 0.25) is 0 Å². The highest BCUT2D eigenvalue weighted by atomic mass is 16.5. The van der Waals surface area contributed by atoms with Crippen LogP contribution in [-0.2, 0) is 6.42 Å². The molecule has 4 heteroatoms. The molecule has 0 bridgehead atoms. The number of nitrogens with one attached hydrogen (secondary N) is 1. The average Bonchev–Trinajstić information content (AvgIpc) is 2.49. The van der Waals surface area contributed by atoms with Gasteiger partial charge < -0.3 is 14.8 Å². The Kier molecular flexibility index (Phi) is 8.13. The second-order valence-corrected chi connectivity index (χ2v) is 5.66. The highest BCUT2D eigenvalue weighted by Gasteiger charge is 2.10. The average molecular weight is 295 g/mol. The number of unbranched alkanes of at least 4 members (excludes halogenated alkanes) is 6. The van der Waals surface area contributed by atoms with Gasteiger partial charge in [0.1, 0.15) is 0 Å². The summed E-state index contributed by atoms with van der Waals surface area (Å²) in [5, 5.41) is 8.70. The van der Waals surface area contributed by atoms with Crippen molar-refractivity contribution < 1.29 is 9.84 Å². The third kappa shape index (κ3) is 5.54. The van der Waals surface area contributed by atoms with Crippen molar-refractivity contribution in [1.82, 2.24) is 4.98 Å². The zero-order valence-corrected chi connectivity index (χ0v) is 13.6. The van der Waals surface area contributed by atoms with E-state index in [0.717, 1.165) is 36.9 Å². The lowest BCUT2D eigenvalue weighted by atomic mass is 10.0. The highest BCUT2D eigenvalue weighted by molar-refractivity contribution is 5.33. The minimum absolute atomic E-state index is 0.0876. The summed E-state index contributed by atoms with van der Waals surface area (Å²) >= 11 is 0. The summed E-state index contributed by atoms with van der Waals surface area (Å²) in [5.74, 6) is 0.588. The molecule has 1 aromatic rings. The molecule has 0 aliphatic heterocycles. The van der Waals surface area contributed by atoms with Crippen molar-refractivity contribution in [3.8, 4) is 5.88 Å². The van der Waals surface area contributed by atoms with Gasteiger partial charge in [-0.15, -0.1) is 0 Å². The van der Waals surface area contributed by atoms with Crippen LogP contribution in [0.25, 0.3) is 0 Å². The van der Waals surface area contributed by atoms with Crippen molar-refractivity contribution in [3.63, 3.8) is 0 Å². The van der Waals surface area contributed by atoms with E-state index in [9.17, 15) is 4.79 Å². The monoisotopic (exact) mass is 295 g/mol. The van der Waals surface area contributed by atoms with E-state index >= 15 is 0 Å². The van der Waals surface area contributed by atoms with Crippen LogP contribution in [0.3, 0.4) is 0 Å². The maximum Gasteiger partial charge on any atom is 0.197 e. The molecular weight excluding hydrogens is 266 g/mol. The van der Waals surface area contributed by atoms with Gasteiger partial charge in [-0.2, -0.15) is 0 Å². The Hall–Kier alpha value is -1.29. The van der Waals surface area contributed by atoms with Crippen molar-refractivity contribution in [3.05, 3.63) is 27.0 Å². The Balaban J connectivity index is 2.39. The summed E-state index contributed by atoms with van der Waals surface area (Å²) in [6.07, 6.45) is 8.86. The smallest absolute Gasteiger partial charge is 0.197 e. The third-order valence-electron chi connectivity index (χ3n) is 4.03. The molecule has 0 spiro atoms. The summed E-state index contributed by atoms with van der Waals surface area (Å²) in [6, 6.07) is 0. The molecule has 1 rings (SSSR count). The SMILES string of the molecule is COc1[nH]c(CCCCCCCCCO)c(C)c(=O)c1C. The molecule has 4 nitrogen and oxygen atoms in total. The molecule has 120 valence electrons. The number of aliphatic hydroxyl groups excluding tert-OH is 1. The van der Waals surface area contributed by atoms with E-state index in [2.05, 4.69) is 4.98 Å². The van der Waals surface area contributed by atoms with Crippen LogP contribution >= 0.6 is 0 Å². The van der Waals surface area contributed by atoms with Crippen molar-refractivity contribution in [2.45, 2.75) is 65.2 Å². The van der Waals surface area contributed by atoms with Gasteiger partial charge in [0.2, 0.25) is 0 Å². The van der Waals surface area contributed by atoms with Crippen molar-refractivity contribution in [1.29, 1.82) is 0 Å². The van der Waals surface area contributed by atoms with Crippen LogP contribution in [0.5, 0.6) is 5.88 Å². The van der Waals surface area contributed by atoms with Crippen molar-refractivity contribution >= 4 is 0 Å². The van der Waals surface area contributed by atoms with E-state index in [0.29, 0.717) is 18.1 Å². The Morgan fingerprint density at radius 3 is 2.10 bits per heavy atom. The molecule has 21 heavy (non-hydrogen) atoms. The number of aromatic amines is 1. The molecule has 0 atom stereocenters. The van der Waals surface area contributed by atoms with Crippen LogP contribution in [0, 0.1) is 13.8 Å². The zero-order valence-electron chi connectivity index (χ0n) is 13.6. The minimum Gasteiger partial charge on any atom is -0.482 e. The van der Waals surface area contributed by atoms with Gasteiger partial charge >= 0.3 is 0 Å². The van der Waals surface area contributed by atoms with E-state index in [1.54, 1.807) is 14.0 Å². The van der Waals surface area contributed by atoms with Crippen LogP contribution < -0.4 is 10.2 Å². The fourth-order valence-electron chi connectivity index (χ4n) is 2.60. The third-order valence-corrected chi connectivity index (χ3v) is 4.03. The number of pyridine rings is 1. The second kappa shape index (κ2) is 9.61. The number of hydrogen-bond acceptors (Lipinski definition) is 3. The standard InChI is InChI=1S/C17H29NO3/c1-13-15(18-17(21-3)14(2)16(13)20)11-9-7-5-4-6-8-10-12-19/h19H,4-12H2,1-3H3,(H,18,20). The van der Waals surface area contributed by atoms with Crippen LogP contribution in [0.4, 0.5) is 0 Å². The van der Waals surface area contributed by atoms with Gasteiger partial charge in [0.25, 0.3) is 0 Å². The first-order valence-electron chi connectivity index (χ1n) is 7.99. The molecule has 0 aliphatic rings. The number of ether oxygens (including phenoxy) is 1. The molecule has 1 heterocycles. The summed E-state index contributed by atoms with van der Waals surface area (Å²) in [6.45, 7) is 3.98. The molecule has 0 radical (unpaired) electrons. The lowest BCUT2D eigenvalue weighted by Crippen LogP contribution is -2.15. The second-order valence-electron chi connectivity index (χ2n) is 5.66. The number of aliphatic hydroxyl groups is 1. The number of aromatic nitrogens is 1. The predicted octanol–water partition coefficient (Wildman–Crippen LogP) is 3.27. The molecule has 0 unspecified atom stereocenters. The molecule has 2 N–H and O–H groups in total. The largest absolute Gasteiger partial charge is 0.482 e. The van der Waals surface area contributed by atoms with E-state index in [4.69, 9.17) is 9.84 Å². The Labute approximate surface area is 127 Å². The van der Waals surface area contributed by atoms with Gasteiger partial charge in [-0.1, -0.05) is 32.1 Å². The van der Waals surface area contributed by atoms with Crippen molar-refractivity contribution in [2.75, 3.05) is 13.7 Å². The van der Waals surface area contributed by atoms with Gasteiger partial charge in [0, 0.05) is 17.9 Å². The number of aryl methyl sites for hydroxylation is 1. The predicted molar refractivity (Wildman–Crippen MR) is 86.2 cm³/mol. The summed E-state index contributed by atoms with van der Waals surface area (Å²) < 4.78 is 5.23. The lowest BCUT2D eigenvalue weighted by Gasteiger charge is -2.11. The molecule has 0 amide bonds. The molecule has 0 fully saturated rings. The van der Waals surface area contributed by atoms with Crippen LogP contribution in [0.1, 0.15) is 61.8 Å². The van der Waals surface area contributed by atoms with Gasteiger partial charge in [0.15, 0.2) is 11.3 Å². The minimum atomic E-state index is 0.0876. The first-order valence-corrected chi connectivity index (χ1v) is 7.99. The zero-order chi connectivity index (χ0) is 15.7. The highest BCUT2D eigenvalue weighted by Crippen LogP contribution is 2.16. The molecule has 0 saturated heterocycles. The quantitative estimate of drug-likeness (QED) is 0.651. The van der Waals surface area contributed by atoms with Gasteiger partial charge in [-0.25, -0.2) is 0 Å². The van der Waals surface area contributed by atoms with Crippen molar-refractivity contribution in [2.24, 2.45) is 0 Å². The lowest BCUT2D eigenvalue weighted by molar-refractivity contribution is 0.282. The molecular formula is C17H29NO3. The Morgan fingerprint density at radius 2 is 1.52 bits per heavy atom. The Morgan fingerprint density at radius 1 is 0.952 bits per heavy atom. The van der Waals surface area contributed by atoms with E-state index in [-0.39, 0.29) is 5.43 Å². The number of hydrogen-bond donors (Lipinski definition) is 2. The van der Waals surface area contributed by atoms with Gasteiger partial charge in [0.05, 0.1) is 12.7 Å². The molecule has 0 saturated carbocycles. The molecule has 1 aromatic heterocycles. The summed E-state index contributed by atoms with van der Waals surface area (Å²) in [7, 11) is 1.59. The van der Waals surface area contributed by atoms with E-state index < -0.39 is 0 Å². The fourth-order valence-corrected chi connectivity index (χ4v) is 2.60. The Bertz CT molecular complexity index is 480. The fraction of sp³-hybridized carbons (Fsp3) is 0.706. The summed E-state index contributed by atoms with van der Waals surface area (Å²) in [4.78, 5) is 15.3. The van der Waals surface area contributed by atoms with Crippen LogP contribution in [-0.4, -0.2) is 23.8 Å². The number of methoxy groups -OCH3 is 1. The van der Waals surface area contributed by atoms with Crippen LogP contribution in [0.15, 0.2) is 4.79 Å². The topological polar surface area (TPSA) is 62.3 Å². The van der Waals surface area contributed by atoms with Gasteiger partial charge in [-0.3, -0.25) is 4.79 Å². The molecule has 0 aliphatic carbocycles. The number of rotatable bonds is 10.